The van der Waals surface area contributed by atoms with Crippen LogP contribution in [0.2, 0.25) is 0 Å². The first-order chi connectivity index (χ1) is 13.9. The molecular formula is C23H23FN2O2S. The average Bonchev–Trinajstić information content (AvgIpc) is 3.41. The summed E-state index contributed by atoms with van der Waals surface area (Å²) in [6, 6.07) is 9.89. The normalized spacial score (nSPS) is 13.5. The number of nitrogens with zero attached hydrogens (tertiary/aromatic N) is 2. The predicted molar refractivity (Wildman–Crippen MR) is 113 cm³/mol. The molecule has 0 radical (unpaired) electrons. The van der Waals surface area contributed by atoms with E-state index in [1.54, 1.807) is 41.5 Å². The first kappa shape index (κ1) is 19.6. The number of pyridine rings is 1. The molecule has 1 saturated carbocycles. The van der Waals surface area contributed by atoms with Gasteiger partial charge in [0, 0.05) is 43.5 Å². The highest BCUT2D eigenvalue weighted by Gasteiger charge is 2.34. The van der Waals surface area contributed by atoms with E-state index in [1.807, 2.05) is 23.8 Å². The third-order valence-electron chi connectivity index (χ3n) is 5.34. The van der Waals surface area contributed by atoms with E-state index in [9.17, 15) is 14.0 Å². The van der Waals surface area contributed by atoms with E-state index in [-0.39, 0.29) is 28.6 Å². The Morgan fingerprint density at radius 3 is 2.55 bits per heavy atom. The van der Waals surface area contributed by atoms with Crippen LogP contribution in [0.15, 0.2) is 52.0 Å². The molecule has 29 heavy (non-hydrogen) atoms. The van der Waals surface area contributed by atoms with Gasteiger partial charge in [0.2, 0.25) is 0 Å². The van der Waals surface area contributed by atoms with Crippen molar-refractivity contribution in [2.45, 2.75) is 38.8 Å². The zero-order valence-corrected chi connectivity index (χ0v) is 17.3. The van der Waals surface area contributed by atoms with E-state index in [4.69, 9.17) is 0 Å². The van der Waals surface area contributed by atoms with E-state index >= 15 is 0 Å². The highest BCUT2D eigenvalue weighted by Crippen LogP contribution is 2.42. The van der Waals surface area contributed by atoms with Crippen LogP contribution >= 0.6 is 11.3 Å². The maximum Gasteiger partial charge on any atom is 0.259 e. The number of hydrogen-bond acceptors (Lipinski definition) is 3. The molecule has 0 unspecified atom stereocenters. The van der Waals surface area contributed by atoms with Gasteiger partial charge in [-0.3, -0.25) is 9.59 Å². The van der Waals surface area contributed by atoms with E-state index in [2.05, 4.69) is 4.57 Å². The molecule has 4 rings (SSSR count). The van der Waals surface area contributed by atoms with Crippen LogP contribution < -0.4 is 5.43 Å². The molecule has 3 aromatic rings. The second kappa shape index (κ2) is 7.95. The minimum Gasteiger partial charge on any atom is -0.343 e. The average molecular weight is 411 g/mol. The van der Waals surface area contributed by atoms with E-state index in [1.165, 1.54) is 12.1 Å². The van der Waals surface area contributed by atoms with Gasteiger partial charge in [-0.2, -0.15) is 11.3 Å². The molecule has 0 N–H and O–H groups in total. The fraction of sp³-hybridized carbons (Fsp3) is 0.304. The number of thiophene rings is 1. The summed E-state index contributed by atoms with van der Waals surface area (Å²) in [6.45, 7) is 2.87. The standard InChI is InChI=1S/C23H23FN2O2S/c1-15-11-20(27)21(23(28)25(2)12-17-9-10-29-14-17)22(18-5-6-18)26(15)13-16-3-7-19(24)8-4-16/h3-4,7-11,14,18H,5-6,12-13H2,1-2H3. The largest absolute Gasteiger partial charge is 0.343 e. The van der Waals surface area contributed by atoms with Crippen LogP contribution in [-0.4, -0.2) is 22.4 Å². The summed E-state index contributed by atoms with van der Waals surface area (Å²) in [4.78, 5) is 27.8. The molecule has 0 atom stereocenters. The lowest BCUT2D eigenvalue weighted by molar-refractivity contribution is 0.0781. The Labute approximate surface area is 173 Å². The Morgan fingerprint density at radius 2 is 1.93 bits per heavy atom. The van der Waals surface area contributed by atoms with Crippen LogP contribution in [0.25, 0.3) is 0 Å². The summed E-state index contributed by atoms with van der Waals surface area (Å²) in [6.07, 6.45) is 1.95. The molecule has 4 nitrogen and oxygen atoms in total. The summed E-state index contributed by atoms with van der Waals surface area (Å²) in [5, 5.41) is 3.98. The van der Waals surface area contributed by atoms with Gasteiger partial charge < -0.3 is 9.47 Å². The maximum absolute atomic E-state index is 13.3. The Bertz CT molecular complexity index is 1080. The number of halogens is 1. The highest BCUT2D eigenvalue weighted by atomic mass is 32.1. The van der Waals surface area contributed by atoms with Gasteiger partial charge in [0.05, 0.1) is 0 Å². The number of carbonyl (C=O) groups is 1. The quantitative estimate of drug-likeness (QED) is 0.598. The Morgan fingerprint density at radius 1 is 1.21 bits per heavy atom. The number of aromatic nitrogens is 1. The summed E-state index contributed by atoms with van der Waals surface area (Å²) in [7, 11) is 1.74. The summed E-state index contributed by atoms with van der Waals surface area (Å²) in [5.74, 6) is -0.300. The van der Waals surface area contributed by atoms with E-state index < -0.39 is 0 Å². The molecular weight excluding hydrogens is 387 g/mol. The lowest BCUT2D eigenvalue weighted by Gasteiger charge is -2.23. The molecule has 6 heteroatoms. The monoisotopic (exact) mass is 410 g/mol. The molecule has 150 valence electrons. The van der Waals surface area contributed by atoms with Gasteiger partial charge in [0.15, 0.2) is 5.43 Å². The topological polar surface area (TPSA) is 42.3 Å². The van der Waals surface area contributed by atoms with E-state index in [0.717, 1.165) is 35.4 Å². The first-order valence-corrected chi connectivity index (χ1v) is 10.6. The molecule has 1 aliphatic rings. The molecule has 0 aliphatic heterocycles. The number of carbonyl (C=O) groups excluding carboxylic acids is 1. The smallest absolute Gasteiger partial charge is 0.259 e. The van der Waals surface area contributed by atoms with Crippen molar-refractivity contribution >= 4 is 17.2 Å². The third kappa shape index (κ3) is 4.17. The summed E-state index contributed by atoms with van der Waals surface area (Å²) in [5.41, 5.74) is 3.68. The minimum atomic E-state index is -0.279. The molecule has 0 spiro atoms. The number of rotatable bonds is 6. The van der Waals surface area contributed by atoms with Gasteiger partial charge in [-0.05, 0) is 59.9 Å². The van der Waals surface area contributed by atoms with Gasteiger partial charge in [0.1, 0.15) is 11.4 Å². The van der Waals surface area contributed by atoms with Crippen LogP contribution in [0.3, 0.4) is 0 Å². The molecule has 1 aromatic carbocycles. The Hall–Kier alpha value is -2.73. The van der Waals surface area contributed by atoms with Crippen molar-refractivity contribution in [3.05, 3.63) is 91.3 Å². The number of amides is 1. The molecule has 1 aliphatic carbocycles. The zero-order valence-electron chi connectivity index (χ0n) is 16.5. The summed E-state index contributed by atoms with van der Waals surface area (Å²) < 4.78 is 15.3. The van der Waals surface area contributed by atoms with Gasteiger partial charge in [-0.25, -0.2) is 4.39 Å². The fourth-order valence-corrected chi connectivity index (χ4v) is 4.35. The van der Waals surface area contributed by atoms with Gasteiger partial charge in [0.25, 0.3) is 5.91 Å². The molecule has 1 fully saturated rings. The van der Waals surface area contributed by atoms with Crippen LogP contribution in [-0.2, 0) is 13.1 Å². The number of hydrogen-bond donors (Lipinski definition) is 0. The molecule has 1 amide bonds. The molecule has 0 saturated heterocycles. The van der Waals surface area contributed by atoms with Crippen molar-refractivity contribution in [3.8, 4) is 0 Å². The van der Waals surface area contributed by atoms with Crippen molar-refractivity contribution in [1.29, 1.82) is 0 Å². The van der Waals surface area contributed by atoms with Gasteiger partial charge in [-0.15, -0.1) is 0 Å². The van der Waals surface area contributed by atoms with Crippen molar-refractivity contribution < 1.29 is 9.18 Å². The second-order valence-corrected chi connectivity index (χ2v) is 8.47. The second-order valence-electron chi connectivity index (χ2n) is 7.69. The summed E-state index contributed by atoms with van der Waals surface area (Å²) >= 11 is 1.59. The van der Waals surface area contributed by atoms with Gasteiger partial charge >= 0.3 is 0 Å². The lowest BCUT2D eigenvalue weighted by Crippen LogP contribution is -2.34. The van der Waals surface area contributed by atoms with Crippen LogP contribution in [0.5, 0.6) is 0 Å². The molecule has 2 heterocycles. The van der Waals surface area contributed by atoms with Crippen molar-refractivity contribution in [2.24, 2.45) is 0 Å². The maximum atomic E-state index is 13.3. The Balaban J connectivity index is 1.74. The fourth-order valence-electron chi connectivity index (χ4n) is 3.69. The lowest BCUT2D eigenvalue weighted by atomic mass is 10.0. The number of benzene rings is 1. The van der Waals surface area contributed by atoms with Crippen LogP contribution in [0, 0.1) is 12.7 Å². The molecule has 2 aromatic heterocycles. The molecule has 0 bridgehead atoms. The predicted octanol–water partition coefficient (Wildman–Crippen LogP) is 4.56. The Kier molecular flexibility index (Phi) is 5.37. The highest BCUT2D eigenvalue weighted by molar-refractivity contribution is 7.07. The van der Waals surface area contributed by atoms with E-state index in [0.29, 0.717) is 13.1 Å². The first-order valence-electron chi connectivity index (χ1n) is 9.69. The van der Waals surface area contributed by atoms with Crippen LogP contribution in [0.1, 0.15) is 51.6 Å². The SMILES string of the molecule is Cc1cc(=O)c(C(=O)N(C)Cc2ccsc2)c(C2CC2)n1Cc1ccc(F)cc1. The van der Waals surface area contributed by atoms with Crippen molar-refractivity contribution in [3.63, 3.8) is 0 Å². The van der Waals surface area contributed by atoms with Crippen molar-refractivity contribution in [1.82, 2.24) is 9.47 Å². The van der Waals surface area contributed by atoms with Crippen molar-refractivity contribution in [2.75, 3.05) is 7.05 Å². The third-order valence-corrected chi connectivity index (χ3v) is 6.07. The minimum absolute atomic E-state index is 0.219. The van der Waals surface area contributed by atoms with Gasteiger partial charge in [-0.1, -0.05) is 12.1 Å². The van der Waals surface area contributed by atoms with Crippen LogP contribution in [0.4, 0.5) is 4.39 Å². The number of aryl methyl sites for hydroxylation is 1. The zero-order chi connectivity index (χ0) is 20.5.